The number of hydrogen-bond donors (Lipinski definition) is 1. The van der Waals surface area contributed by atoms with Crippen LogP contribution in [0.25, 0.3) is 31.3 Å². The summed E-state index contributed by atoms with van der Waals surface area (Å²) in [5, 5.41) is 11.7. The van der Waals surface area contributed by atoms with Crippen molar-refractivity contribution in [2.75, 3.05) is 6.79 Å². The molecule has 1 N–H and O–H groups in total. The fraction of sp³-hybridized carbons (Fsp3) is 0.0769. The van der Waals surface area contributed by atoms with E-state index in [0.717, 1.165) is 21.1 Å². The maximum absolute atomic E-state index is 11.8. The Morgan fingerprint density at radius 1 is 1.19 bits per heavy atom. The molecule has 1 aliphatic rings. The molecule has 3 aromatic heterocycles. The highest BCUT2D eigenvalue weighted by atomic mass is 32.1. The Bertz CT molecular complexity index is 1100. The third-order valence-corrected chi connectivity index (χ3v) is 4.54. The fourth-order valence-corrected chi connectivity index (χ4v) is 3.47. The van der Waals surface area contributed by atoms with Gasteiger partial charge in [0.2, 0.25) is 6.79 Å². The first-order chi connectivity index (χ1) is 10.3. The molecule has 7 nitrogen and oxygen atoms in total. The van der Waals surface area contributed by atoms with Crippen molar-refractivity contribution in [2.24, 2.45) is 0 Å². The van der Waals surface area contributed by atoms with Crippen LogP contribution in [0, 0.1) is 0 Å². The van der Waals surface area contributed by atoms with E-state index in [9.17, 15) is 4.79 Å². The highest BCUT2D eigenvalue weighted by molar-refractivity contribution is 7.25. The first-order valence-corrected chi connectivity index (χ1v) is 6.99. The van der Waals surface area contributed by atoms with Crippen LogP contribution in [-0.2, 0) is 0 Å². The van der Waals surface area contributed by atoms with Gasteiger partial charge in [-0.15, -0.1) is 16.4 Å². The van der Waals surface area contributed by atoms with Crippen molar-refractivity contribution in [2.45, 2.75) is 0 Å². The number of nitrogens with zero attached hydrogens (tertiary/aromatic N) is 3. The van der Waals surface area contributed by atoms with Crippen molar-refractivity contribution in [3.63, 3.8) is 0 Å². The van der Waals surface area contributed by atoms with E-state index in [0.29, 0.717) is 21.7 Å². The predicted molar refractivity (Wildman–Crippen MR) is 77.0 cm³/mol. The highest BCUT2D eigenvalue weighted by Crippen LogP contribution is 2.38. The van der Waals surface area contributed by atoms with E-state index in [4.69, 9.17) is 9.47 Å². The van der Waals surface area contributed by atoms with E-state index < -0.39 is 0 Å². The van der Waals surface area contributed by atoms with Gasteiger partial charge in [0.1, 0.15) is 15.0 Å². The van der Waals surface area contributed by atoms with Crippen molar-refractivity contribution in [3.05, 3.63) is 28.6 Å². The SMILES string of the molecule is O=c1[nH]nnc2c1sc1nc3cc4c(cc3cc12)OCO4. The number of benzene rings is 1. The minimum Gasteiger partial charge on any atom is -0.454 e. The van der Waals surface area contributed by atoms with Gasteiger partial charge >= 0.3 is 0 Å². The van der Waals surface area contributed by atoms with Crippen LogP contribution in [0.15, 0.2) is 23.0 Å². The Morgan fingerprint density at radius 2 is 2.05 bits per heavy atom. The summed E-state index contributed by atoms with van der Waals surface area (Å²) in [6.07, 6.45) is 0. The zero-order chi connectivity index (χ0) is 14.0. The maximum Gasteiger partial charge on any atom is 0.285 e. The zero-order valence-corrected chi connectivity index (χ0v) is 11.2. The predicted octanol–water partition coefficient (Wildman–Crippen LogP) is 1.81. The van der Waals surface area contributed by atoms with E-state index in [1.54, 1.807) is 0 Å². The smallest absolute Gasteiger partial charge is 0.285 e. The van der Waals surface area contributed by atoms with E-state index in [1.165, 1.54) is 11.3 Å². The summed E-state index contributed by atoms with van der Waals surface area (Å²) in [4.78, 5) is 17.1. The number of H-pyrrole nitrogens is 1. The third kappa shape index (κ3) is 1.42. The van der Waals surface area contributed by atoms with Gasteiger partial charge < -0.3 is 9.47 Å². The van der Waals surface area contributed by atoms with Crippen LogP contribution in [0.4, 0.5) is 0 Å². The van der Waals surface area contributed by atoms with Gasteiger partial charge in [0.25, 0.3) is 5.56 Å². The molecule has 0 aliphatic carbocycles. The summed E-state index contributed by atoms with van der Waals surface area (Å²) >= 11 is 1.31. The fourth-order valence-electron chi connectivity index (χ4n) is 2.49. The molecule has 1 aromatic carbocycles. The summed E-state index contributed by atoms with van der Waals surface area (Å²) < 4.78 is 11.3. The molecule has 0 amide bonds. The van der Waals surface area contributed by atoms with Gasteiger partial charge in [0.05, 0.1) is 5.52 Å². The number of rotatable bonds is 0. The molecule has 21 heavy (non-hydrogen) atoms. The number of aromatic amines is 1. The molecule has 4 heterocycles. The second-order valence-electron chi connectivity index (χ2n) is 4.66. The molecule has 102 valence electrons. The standard InChI is InChI=1S/C13H6N4O3S/c18-12-11-10(15-17-16-12)6-1-5-2-8-9(20-4-19-8)3-7(5)14-13(6)21-11/h1-3H,4H2,(H,15,16,18). The Hall–Kier alpha value is -2.74. The Kier molecular flexibility index (Phi) is 1.92. The first kappa shape index (κ1) is 11.0. The van der Waals surface area contributed by atoms with Gasteiger partial charge in [-0.25, -0.2) is 10.1 Å². The lowest BCUT2D eigenvalue weighted by Crippen LogP contribution is -2.07. The van der Waals surface area contributed by atoms with E-state index in [1.807, 2.05) is 18.2 Å². The topological polar surface area (TPSA) is 90.0 Å². The molecule has 1 aliphatic heterocycles. The molecule has 0 unspecified atom stereocenters. The minimum absolute atomic E-state index is 0.226. The number of pyridine rings is 1. The normalized spacial score (nSPS) is 13.5. The summed E-state index contributed by atoms with van der Waals surface area (Å²) in [6.45, 7) is 0.226. The largest absolute Gasteiger partial charge is 0.454 e. The molecular weight excluding hydrogens is 292 g/mol. The number of nitrogens with one attached hydrogen (secondary N) is 1. The lowest BCUT2D eigenvalue weighted by atomic mass is 10.1. The van der Waals surface area contributed by atoms with Crippen LogP contribution < -0.4 is 15.0 Å². The Labute approximate surface area is 120 Å². The van der Waals surface area contributed by atoms with Crippen molar-refractivity contribution in [3.8, 4) is 11.5 Å². The minimum atomic E-state index is -0.249. The third-order valence-electron chi connectivity index (χ3n) is 3.45. The number of ether oxygens (including phenoxy) is 2. The van der Waals surface area contributed by atoms with E-state index in [2.05, 4.69) is 20.4 Å². The van der Waals surface area contributed by atoms with Crippen LogP contribution in [0.3, 0.4) is 0 Å². The van der Waals surface area contributed by atoms with Crippen molar-refractivity contribution < 1.29 is 9.47 Å². The molecule has 5 rings (SSSR count). The van der Waals surface area contributed by atoms with Crippen LogP contribution in [0.5, 0.6) is 11.5 Å². The van der Waals surface area contributed by atoms with Gasteiger partial charge in [0, 0.05) is 16.8 Å². The van der Waals surface area contributed by atoms with Crippen LogP contribution in [-0.4, -0.2) is 27.2 Å². The average molecular weight is 298 g/mol. The molecule has 4 aromatic rings. The summed E-state index contributed by atoms with van der Waals surface area (Å²) in [6, 6.07) is 5.68. The number of hydrogen-bond acceptors (Lipinski definition) is 7. The highest BCUT2D eigenvalue weighted by Gasteiger charge is 2.17. The quantitative estimate of drug-likeness (QED) is 0.532. The van der Waals surface area contributed by atoms with Gasteiger partial charge in [-0.3, -0.25) is 4.79 Å². The summed E-state index contributed by atoms with van der Waals surface area (Å²) in [5.41, 5.74) is 1.12. The first-order valence-electron chi connectivity index (χ1n) is 6.17. The molecule has 0 bridgehead atoms. The molecular formula is C13H6N4O3S. The number of aromatic nitrogens is 4. The monoisotopic (exact) mass is 298 g/mol. The number of fused-ring (bicyclic) bond motifs is 5. The summed E-state index contributed by atoms with van der Waals surface area (Å²) in [7, 11) is 0. The maximum atomic E-state index is 11.8. The molecule has 0 radical (unpaired) electrons. The Morgan fingerprint density at radius 3 is 2.95 bits per heavy atom. The van der Waals surface area contributed by atoms with Crippen molar-refractivity contribution in [1.82, 2.24) is 20.4 Å². The lowest BCUT2D eigenvalue weighted by molar-refractivity contribution is 0.174. The number of thiophene rings is 1. The van der Waals surface area contributed by atoms with E-state index >= 15 is 0 Å². The molecule has 8 heteroatoms. The van der Waals surface area contributed by atoms with Crippen LogP contribution in [0.2, 0.25) is 0 Å². The summed E-state index contributed by atoms with van der Waals surface area (Å²) in [5.74, 6) is 1.39. The van der Waals surface area contributed by atoms with Crippen molar-refractivity contribution in [1.29, 1.82) is 0 Å². The zero-order valence-electron chi connectivity index (χ0n) is 10.4. The van der Waals surface area contributed by atoms with Gasteiger partial charge in [0.15, 0.2) is 11.5 Å². The lowest BCUT2D eigenvalue weighted by Gasteiger charge is -2.00. The van der Waals surface area contributed by atoms with E-state index in [-0.39, 0.29) is 12.4 Å². The molecule has 0 saturated carbocycles. The molecule has 0 spiro atoms. The van der Waals surface area contributed by atoms with Gasteiger partial charge in [-0.1, -0.05) is 5.21 Å². The second kappa shape index (κ2) is 3.67. The average Bonchev–Trinajstić information content (AvgIpc) is 3.07. The van der Waals surface area contributed by atoms with Crippen LogP contribution >= 0.6 is 11.3 Å². The van der Waals surface area contributed by atoms with Crippen LogP contribution in [0.1, 0.15) is 0 Å². The van der Waals surface area contributed by atoms with Crippen molar-refractivity contribution >= 4 is 42.7 Å². The van der Waals surface area contributed by atoms with Gasteiger partial charge in [-0.05, 0) is 12.1 Å². The molecule has 0 atom stereocenters. The second-order valence-corrected chi connectivity index (χ2v) is 5.66. The van der Waals surface area contributed by atoms with Gasteiger partial charge in [-0.2, -0.15) is 0 Å². The molecule has 0 fully saturated rings. The molecule has 0 saturated heterocycles. The Balaban J connectivity index is 1.96.